The van der Waals surface area contributed by atoms with Gasteiger partial charge >= 0.3 is 0 Å². The fraction of sp³-hybridized carbons (Fsp3) is 0.440. The van der Waals surface area contributed by atoms with Gasteiger partial charge in [0.15, 0.2) is 5.82 Å². The minimum atomic E-state index is -0.144. The molecule has 2 aromatic heterocycles. The molecule has 10 nitrogen and oxygen atoms in total. The number of piperazine rings is 1. The standard InChI is InChI=1S/C25H33N7O3/c1-18-14-21(29-35-18)26-23(33)16-30-10-12-31(13-11-30)17-24(34)27-22-15-20(25(2,3)4)28-32(22)19-8-6-5-7-9-19/h5-9,14-15H,10-13,16-17H2,1-4H3,(H,27,34)(H,26,29,33). The molecule has 1 fully saturated rings. The lowest BCUT2D eigenvalue weighted by Crippen LogP contribution is -2.50. The first-order valence-corrected chi connectivity index (χ1v) is 11.8. The lowest BCUT2D eigenvalue weighted by Gasteiger charge is -2.33. The topological polar surface area (TPSA) is 109 Å². The van der Waals surface area contributed by atoms with Crippen LogP contribution in [0.1, 0.15) is 32.2 Å². The molecule has 0 radical (unpaired) electrons. The third-order valence-corrected chi connectivity index (χ3v) is 5.84. The van der Waals surface area contributed by atoms with E-state index in [1.165, 1.54) is 0 Å². The molecule has 1 aliphatic heterocycles. The van der Waals surface area contributed by atoms with Gasteiger partial charge in [-0.3, -0.25) is 19.4 Å². The molecule has 10 heteroatoms. The van der Waals surface area contributed by atoms with Crippen LogP contribution in [-0.2, 0) is 15.0 Å². The summed E-state index contributed by atoms with van der Waals surface area (Å²) in [6, 6.07) is 13.4. The molecule has 3 aromatic rings. The van der Waals surface area contributed by atoms with Crippen molar-refractivity contribution in [3.8, 4) is 5.69 Å². The van der Waals surface area contributed by atoms with Crippen LogP contribution in [0.15, 0.2) is 47.0 Å². The number of carbonyl (C=O) groups excluding carboxylic acids is 2. The van der Waals surface area contributed by atoms with Crippen LogP contribution in [0.3, 0.4) is 0 Å². The SMILES string of the molecule is Cc1cc(NC(=O)CN2CCN(CC(=O)Nc3cc(C(C)(C)C)nn3-c3ccccc3)CC2)no1. The molecule has 3 heterocycles. The molecule has 2 amide bonds. The van der Waals surface area contributed by atoms with Crippen LogP contribution in [0.5, 0.6) is 0 Å². The van der Waals surface area contributed by atoms with E-state index in [4.69, 9.17) is 9.62 Å². The molecule has 2 N–H and O–H groups in total. The molecular formula is C25H33N7O3. The number of rotatable bonds is 7. The fourth-order valence-electron chi connectivity index (χ4n) is 3.90. The number of nitrogens with zero attached hydrogens (tertiary/aromatic N) is 5. The number of carbonyl (C=O) groups is 2. The summed E-state index contributed by atoms with van der Waals surface area (Å²) in [5.41, 5.74) is 1.66. The summed E-state index contributed by atoms with van der Waals surface area (Å²) in [5.74, 6) is 1.51. The first kappa shape index (κ1) is 24.6. The number of benzene rings is 1. The predicted octanol–water partition coefficient (Wildman–Crippen LogP) is 2.66. The van der Waals surface area contributed by atoms with Crippen molar-refractivity contribution in [1.82, 2.24) is 24.7 Å². The molecule has 1 aliphatic rings. The van der Waals surface area contributed by atoms with E-state index < -0.39 is 0 Å². The van der Waals surface area contributed by atoms with E-state index in [9.17, 15) is 9.59 Å². The van der Waals surface area contributed by atoms with Crippen molar-refractivity contribution in [2.45, 2.75) is 33.1 Å². The summed E-state index contributed by atoms with van der Waals surface area (Å²) in [6.45, 7) is 11.4. The van der Waals surface area contributed by atoms with Gasteiger partial charge in [-0.1, -0.05) is 44.1 Å². The number of aromatic nitrogens is 3. The average Bonchev–Trinajstić information content (AvgIpc) is 3.41. The molecule has 1 aromatic carbocycles. The summed E-state index contributed by atoms with van der Waals surface area (Å²) < 4.78 is 6.75. The number of amides is 2. The Morgan fingerprint density at radius 2 is 1.54 bits per heavy atom. The smallest absolute Gasteiger partial charge is 0.239 e. The highest BCUT2D eigenvalue weighted by Crippen LogP contribution is 2.26. The third kappa shape index (κ3) is 6.55. The monoisotopic (exact) mass is 479 g/mol. The minimum absolute atomic E-state index is 0.0878. The minimum Gasteiger partial charge on any atom is -0.360 e. The summed E-state index contributed by atoms with van der Waals surface area (Å²) in [6.07, 6.45) is 0. The maximum absolute atomic E-state index is 12.9. The Morgan fingerprint density at radius 1 is 0.943 bits per heavy atom. The molecule has 1 saturated heterocycles. The third-order valence-electron chi connectivity index (χ3n) is 5.84. The Balaban J connectivity index is 1.30. The van der Waals surface area contributed by atoms with E-state index in [1.807, 2.05) is 36.4 Å². The van der Waals surface area contributed by atoms with Crippen molar-refractivity contribution >= 4 is 23.5 Å². The quantitative estimate of drug-likeness (QED) is 0.536. The van der Waals surface area contributed by atoms with Crippen LogP contribution in [0.25, 0.3) is 5.69 Å². The van der Waals surface area contributed by atoms with Crippen LogP contribution >= 0.6 is 0 Å². The predicted molar refractivity (Wildman–Crippen MR) is 134 cm³/mol. The summed E-state index contributed by atoms with van der Waals surface area (Å²) in [4.78, 5) is 29.3. The molecular weight excluding hydrogens is 446 g/mol. The Labute approximate surface area is 205 Å². The van der Waals surface area contributed by atoms with Crippen LogP contribution in [0, 0.1) is 6.92 Å². The number of nitrogens with one attached hydrogen (secondary N) is 2. The van der Waals surface area contributed by atoms with E-state index in [0.717, 1.165) is 11.4 Å². The van der Waals surface area contributed by atoms with E-state index in [-0.39, 0.29) is 30.3 Å². The van der Waals surface area contributed by atoms with Crippen molar-refractivity contribution in [3.05, 3.63) is 53.9 Å². The highest BCUT2D eigenvalue weighted by molar-refractivity contribution is 5.92. The number of hydrogen-bond acceptors (Lipinski definition) is 7. The molecule has 0 atom stereocenters. The van der Waals surface area contributed by atoms with Gasteiger partial charge in [-0.05, 0) is 19.1 Å². The van der Waals surface area contributed by atoms with Gasteiger partial charge in [-0.15, -0.1) is 0 Å². The van der Waals surface area contributed by atoms with E-state index in [1.54, 1.807) is 17.7 Å². The average molecular weight is 480 g/mol. The summed E-state index contributed by atoms with van der Waals surface area (Å²) in [5, 5.41) is 14.3. The second-order valence-electron chi connectivity index (χ2n) is 9.88. The van der Waals surface area contributed by atoms with E-state index in [0.29, 0.717) is 43.6 Å². The summed E-state index contributed by atoms with van der Waals surface area (Å²) >= 11 is 0. The second-order valence-corrected chi connectivity index (χ2v) is 9.88. The molecule has 35 heavy (non-hydrogen) atoms. The van der Waals surface area contributed by atoms with Crippen LogP contribution < -0.4 is 10.6 Å². The van der Waals surface area contributed by atoms with Gasteiger partial charge in [0.25, 0.3) is 0 Å². The zero-order valence-electron chi connectivity index (χ0n) is 20.7. The number of hydrogen-bond donors (Lipinski definition) is 2. The molecule has 186 valence electrons. The van der Waals surface area contributed by atoms with Gasteiger partial charge in [0.05, 0.1) is 24.5 Å². The second kappa shape index (κ2) is 10.4. The van der Waals surface area contributed by atoms with Crippen molar-refractivity contribution in [1.29, 1.82) is 0 Å². The molecule has 0 spiro atoms. The molecule has 0 aliphatic carbocycles. The van der Waals surface area contributed by atoms with Gasteiger partial charge in [0.1, 0.15) is 11.6 Å². The maximum atomic E-state index is 12.9. The van der Waals surface area contributed by atoms with Gasteiger partial charge < -0.3 is 15.2 Å². The Hall–Kier alpha value is -3.50. The molecule has 4 rings (SSSR count). The van der Waals surface area contributed by atoms with Gasteiger partial charge in [-0.2, -0.15) is 5.10 Å². The van der Waals surface area contributed by atoms with E-state index in [2.05, 4.69) is 46.4 Å². The first-order valence-electron chi connectivity index (χ1n) is 11.8. The van der Waals surface area contributed by atoms with Crippen LogP contribution in [0.2, 0.25) is 0 Å². The number of aryl methyl sites for hydroxylation is 1. The normalized spacial score (nSPS) is 15.2. The molecule has 0 saturated carbocycles. The number of para-hydroxylation sites is 1. The zero-order valence-corrected chi connectivity index (χ0v) is 20.7. The van der Waals surface area contributed by atoms with Crippen molar-refractivity contribution in [2.24, 2.45) is 0 Å². The van der Waals surface area contributed by atoms with Crippen LogP contribution in [0.4, 0.5) is 11.6 Å². The highest BCUT2D eigenvalue weighted by Gasteiger charge is 2.24. The van der Waals surface area contributed by atoms with Gasteiger partial charge in [0.2, 0.25) is 11.8 Å². The van der Waals surface area contributed by atoms with Crippen LogP contribution in [-0.4, -0.2) is 75.8 Å². The van der Waals surface area contributed by atoms with Crippen molar-refractivity contribution < 1.29 is 14.1 Å². The Morgan fingerprint density at radius 3 is 2.09 bits per heavy atom. The first-order chi connectivity index (χ1) is 16.7. The maximum Gasteiger partial charge on any atom is 0.239 e. The highest BCUT2D eigenvalue weighted by atomic mass is 16.5. The lowest BCUT2D eigenvalue weighted by molar-refractivity contribution is -0.120. The zero-order chi connectivity index (χ0) is 25.0. The van der Waals surface area contributed by atoms with Crippen molar-refractivity contribution in [3.63, 3.8) is 0 Å². The fourth-order valence-corrected chi connectivity index (χ4v) is 3.90. The lowest BCUT2D eigenvalue weighted by atomic mass is 9.92. The largest absolute Gasteiger partial charge is 0.360 e. The van der Waals surface area contributed by atoms with E-state index >= 15 is 0 Å². The van der Waals surface area contributed by atoms with Gasteiger partial charge in [-0.25, -0.2) is 4.68 Å². The number of anilines is 2. The Kier molecular flexibility index (Phi) is 7.32. The Bertz CT molecular complexity index is 1160. The molecule has 0 unspecified atom stereocenters. The van der Waals surface area contributed by atoms with Crippen molar-refractivity contribution in [2.75, 3.05) is 49.9 Å². The summed E-state index contributed by atoms with van der Waals surface area (Å²) in [7, 11) is 0. The van der Waals surface area contributed by atoms with Gasteiger partial charge in [0, 0.05) is 43.7 Å². The molecule has 0 bridgehead atoms.